The van der Waals surface area contributed by atoms with E-state index in [0.717, 1.165) is 5.56 Å². The summed E-state index contributed by atoms with van der Waals surface area (Å²) in [6.45, 7) is 3.76. The third-order valence-electron chi connectivity index (χ3n) is 6.01. The predicted octanol–water partition coefficient (Wildman–Crippen LogP) is 0.160. The van der Waals surface area contributed by atoms with Gasteiger partial charge in [-0.2, -0.15) is 11.8 Å². The standard InChI is InChI=1S/C25H39N5O6S/c1-4-15(2)21(27)24(34)30-19(14-16-8-6-5-7-9-16)23(33)28-17(12-13-37-3)22(32)29-18(25(35)36)10-11-20(26)31/h5-9,15,17-19,21H,4,10-14,27H2,1-3H3,(H2,26,31)(H,28,33)(H,29,32)(H,30,34)(H,35,36). The van der Waals surface area contributed by atoms with Crippen LogP contribution in [0.3, 0.4) is 0 Å². The largest absolute Gasteiger partial charge is 0.480 e. The van der Waals surface area contributed by atoms with Crippen LogP contribution >= 0.6 is 11.8 Å². The minimum atomic E-state index is -1.35. The van der Waals surface area contributed by atoms with Crippen molar-refractivity contribution in [3.63, 3.8) is 0 Å². The van der Waals surface area contributed by atoms with E-state index in [2.05, 4.69) is 16.0 Å². The van der Waals surface area contributed by atoms with Crippen molar-refractivity contribution in [2.75, 3.05) is 12.0 Å². The number of amides is 4. The molecule has 0 saturated heterocycles. The van der Waals surface area contributed by atoms with Gasteiger partial charge in [-0.3, -0.25) is 19.2 Å². The lowest BCUT2D eigenvalue weighted by Crippen LogP contribution is -2.58. The summed E-state index contributed by atoms with van der Waals surface area (Å²) in [5.74, 6) is -3.40. The van der Waals surface area contributed by atoms with Crippen molar-refractivity contribution >= 4 is 41.4 Å². The number of nitrogens with two attached hydrogens (primary N) is 2. The van der Waals surface area contributed by atoms with Crippen LogP contribution in [0.1, 0.15) is 45.1 Å². The maximum atomic E-state index is 13.3. The number of thioether (sulfide) groups is 1. The monoisotopic (exact) mass is 537 g/mol. The molecule has 0 spiro atoms. The topological polar surface area (TPSA) is 194 Å². The Kier molecular flexibility index (Phi) is 14.3. The van der Waals surface area contributed by atoms with Crippen LogP contribution in [-0.2, 0) is 30.4 Å². The Labute approximate surface area is 221 Å². The highest BCUT2D eigenvalue weighted by Gasteiger charge is 2.31. The normalized spacial score (nSPS) is 14.9. The SMILES string of the molecule is CCC(C)C(N)C(=O)NC(Cc1ccccc1)C(=O)NC(CCSC)C(=O)NC(CCC(N)=O)C(=O)O. The van der Waals surface area contributed by atoms with Gasteiger partial charge in [0.1, 0.15) is 18.1 Å². The van der Waals surface area contributed by atoms with Crippen molar-refractivity contribution in [3.8, 4) is 0 Å². The molecule has 0 saturated carbocycles. The molecule has 0 bridgehead atoms. The minimum Gasteiger partial charge on any atom is -0.480 e. The number of benzene rings is 1. The fourth-order valence-electron chi connectivity index (χ4n) is 3.43. The summed E-state index contributed by atoms with van der Waals surface area (Å²) in [5, 5.41) is 17.2. The lowest BCUT2D eigenvalue weighted by atomic mass is 9.98. The first-order chi connectivity index (χ1) is 17.5. The highest BCUT2D eigenvalue weighted by molar-refractivity contribution is 7.98. The zero-order valence-corrected chi connectivity index (χ0v) is 22.4. The summed E-state index contributed by atoms with van der Waals surface area (Å²) >= 11 is 1.45. The molecule has 8 N–H and O–H groups in total. The second-order valence-corrected chi connectivity index (χ2v) is 9.89. The van der Waals surface area contributed by atoms with Crippen molar-refractivity contribution in [2.24, 2.45) is 17.4 Å². The Morgan fingerprint density at radius 3 is 2.03 bits per heavy atom. The average molecular weight is 538 g/mol. The Hall–Kier alpha value is -3.12. The number of carboxylic acids is 1. The third kappa shape index (κ3) is 11.6. The van der Waals surface area contributed by atoms with Crippen molar-refractivity contribution in [3.05, 3.63) is 35.9 Å². The molecule has 12 heteroatoms. The number of primary amides is 1. The molecular formula is C25H39N5O6S. The first kappa shape index (κ1) is 31.9. The van der Waals surface area contributed by atoms with Gasteiger partial charge in [0, 0.05) is 12.8 Å². The quantitative estimate of drug-likeness (QED) is 0.162. The van der Waals surface area contributed by atoms with E-state index in [9.17, 15) is 29.1 Å². The van der Waals surface area contributed by atoms with Crippen LogP contribution in [0.5, 0.6) is 0 Å². The first-order valence-electron chi connectivity index (χ1n) is 12.2. The molecule has 37 heavy (non-hydrogen) atoms. The summed E-state index contributed by atoms with van der Waals surface area (Å²) in [6, 6.07) is 4.84. The van der Waals surface area contributed by atoms with E-state index >= 15 is 0 Å². The highest BCUT2D eigenvalue weighted by atomic mass is 32.2. The molecule has 206 valence electrons. The molecule has 0 radical (unpaired) electrons. The van der Waals surface area contributed by atoms with Crippen LogP contribution in [0.4, 0.5) is 0 Å². The zero-order chi connectivity index (χ0) is 28.0. The number of carbonyl (C=O) groups is 5. The molecular weight excluding hydrogens is 498 g/mol. The number of rotatable bonds is 17. The van der Waals surface area contributed by atoms with E-state index < -0.39 is 53.8 Å². The lowest BCUT2D eigenvalue weighted by Gasteiger charge is -2.26. The Morgan fingerprint density at radius 1 is 0.919 bits per heavy atom. The molecule has 1 rings (SSSR count). The van der Waals surface area contributed by atoms with E-state index in [1.54, 1.807) is 0 Å². The fraction of sp³-hybridized carbons (Fsp3) is 0.560. The molecule has 1 aromatic rings. The number of nitrogens with one attached hydrogen (secondary N) is 3. The average Bonchev–Trinajstić information content (AvgIpc) is 2.87. The second kappa shape index (κ2) is 16.6. The number of carboxylic acid groups (broad SMARTS) is 1. The predicted molar refractivity (Wildman–Crippen MR) is 142 cm³/mol. The molecule has 1 aromatic carbocycles. The van der Waals surface area contributed by atoms with E-state index in [1.807, 2.05) is 50.4 Å². The zero-order valence-electron chi connectivity index (χ0n) is 21.6. The van der Waals surface area contributed by atoms with Gasteiger partial charge in [-0.1, -0.05) is 50.6 Å². The van der Waals surface area contributed by atoms with Crippen molar-refractivity contribution in [2.45, 2.75) is 70.1 Å². The van der Waals surface area contributed by atoms with Gasteiger partial charge in [0.15, 0.2) is 0 Å². The van der Waals surface area contributed by atoms with Gasteiger partial charge in [0.2, 0.25) is 23.6 Å². The summed E-state index contributed by atoms with van der Waals surface area (Å²) in [6.07, 6.45) is 2.50. The van der Waals surface area contributed by atoms with Crippen molar-refractivity contribution in [1.29, 1.82) is 0 Å². The van der Waals surface area contributed by atoms with Crippen LogP contribution in [0.15, 0.2) is 30.3 Å². The van der Waals surface area contributed by atoms with Crippen LogP contribution in [0.2, 0.25) is 0 Å². The molecule has 0 heterocycles. The maximum Gasteiger partial charge on any atom is 0.326 e. The molecule has 5 atom stereocenters. The third-order valence-corrected chi connectivity index (χ3v) is 6.66. The molecule has 0 aromatic heterocycles. The van der Waals surface area contributed by atoms with Gasteiger partial charge in [0.25, 0.3) is 0 Å². The smallest absolute Gasteiger partial charge is 0.326 e. The van der Waals surface area contributed by atoms with E-state index in [0.29, 0.717) is 12.2 Å². The van der Waals surface area contributed by atoms with Gasteiger partial charge < -0.3 is 32.5 Å². The number of hydrogen-bond acceptors (Lipinski definition) is 7. The molecule has 0 aliphatic carbocycles. The summed E-state index contributed by atoms with van der Waals surface area (Å²) in [4.78, 5) is 61.7. The Balaban J connectivity index is 3.09. The molecule has 0 aliphatic rings. The van der Waals surface area contributed by atoms with E-state index in [4.69, 9.17) is 11.5 Å². The van der Waals surface area contributed by atoms with Crippen LogP contribution < -0.4 is 27.4 Å². The highest BCUT2D eigenvalue weighted by Crippen LogP contribution is 2.10. The minimum absolute atomic E-state index is 0.103. The summed E-state index contributed by atoms with van der Waals surface area (Å²) in [5.41, 5.74) is 12.0. The summed E-state index contributed by atoms with van der Waals surface area (Å²) < 4.78 is 0. The fourth-order valence-corrected chi connectivity index (χ4v) is 3.90. The molecule has 0 fully saturated rings. The van der Waals surface area contributed by atoms with Gasteiger partial charge in [0.05, 0.1) is 6.04 Å². The molecule has 4 amide bonds. The van der Waals surface area contributed by atoms with Gasteiger partial charge in [-0.25, -0.2) is 4.79 Å². The van der Waals surface area contributed by atoms with Crippen LogP contribution in [0.25, 0.3) is 0 Å². The first-order valence-corrected chi connectivity index (χ1v) is 13.6. The van der Waals surface area contributed by atoms with Crippen LogP contribution in [0, 0.1) is 5.92 Å². The maximum absolute atomic E-state index is 13.3. The van der Waals surface area contributed by atoms with E-state index in [-0.39, 0.29) is 31.6 Å². The van der Waals surface area contributed by atoms with Gasteiger partial charge >= 0.3 is 5.97 Å². The van der Waals surface area contributed by atoms with Crippen LogP contribution in [-0.4, -0.2) is 70.9 Å². The number of carbonyl (C=O) groups excluding carboxylic acids is 4. The Morgan fingerprint density at radius 2 is 1.49 bits per heavy atom. The Bertz CT molecular complexity index is 916. The van der Waals surface area contributed by atoms with Gasteiger partial charge in [-0.15, -0.1) is 0 Å². The summed E-state index contributed by atoms with van der Waals surface area (Å²) in [7, 11) is 0. The molecule has 0 aliphatic heterocycles. The lowest BCUT2D eigenvalue weighted by molar-refractivity contribution is -0.142. The molecule has 5 unspecified atom stereocenters. The second-order valence-electron chi connectivity index (χ2n) is 8.91. The van der Waals surface area contributed by atoms with E-state index in [1.165, 1.54) is 11.8 Å². The van der Waals surface area contributed by atoms with Gasteiger partial charge in [-0.05, 0) is 36.3 Å². The van der Waals surface area contributed by atoms with Crippen molar-refractivity contribution in [1.82, 2.24) is 16.0 Å². The van der Waals surface area contributed by atoms with Crippen molar-refractivity contribution < 1.29 is 29.1 Å². The molecule has 11 nitrogen and oxygen atoms in total. The number of hydrogen-bond donors (Lipinski definition) is 6. The number of aliphatic carboxylic acids is 1.